The van der Waals surface area contributed by atoms with Crippen LogP contribution in [0.5, 0.6) is 0 Å². The van der Waals surface area contributed by atoms with Gasteiger partial charge in [0.2, 0.25) is 5.91 Å². The fourth-order valence-corrected chi connectivity index (χ4v) is 4.77. The van der Waals surface area contributed by atoms with Crippen LogP contribution in [0.4, 0.5) is 0 Å². The van der Waals surface area contributed by atoms with Crippen molar-refractivity contribution in [3.05, 3.63) is 78.0 Å². The Balaban J connectivity index is 0.000000703. The predicted octanol–water partition coefficient (Wildman–Crippen LogP) is 6.50. The molecule has 0 bridgehead atoms. The highest BCUT2D eigenvalue weighted by Crippen LogP contribution is 2.23. The van der Waals surface area contributed by atoms with Crippen LogP contribution in [0.1, 0.15) is 113 Å². The Hall–Kier alpha value is -3.92. The number of allylic oxidation sites excluding steroid dienone is 7. The Morgan fingerprint density at radius 3 is 2.22 bits per heavy atom. The van der Waals surface area contributed by atoms with Crippen LogP contribution in [-0.4, -0.2) is 57.4 Å². The SMILES string of the molecule is C=C/C=C/CO.CC.CC(=C/C=C/OCC1CCCCC1)/C=C(\C)N.O=Cc1cc(C(=O)O)nn1CC(=O)NC1CCCCC1. The average Bonchev–Trinajstić information content (AvgIpc) is 3.45. The van der Waals surface area contributed by atoms with Gasteiger partial charge in [0.25, 0.3) is 0 Å². The largest absolute Gasteiger partial charge is 0.501 e. The Labute approximate surface area is 269 Å². The van der Waals surface area contributed by atoms with Crippen molar-refractivity contribution in [1.82, 2.24) is 15.1 Å². The van der Waals surface area contributed by atoms with E-state index in [4.69, 9.17) is 20.7 Å². The summed E-state index contributed by atoms with van der Waals surface area (Å²) in [6, 6.07) is 1.33. The Kier molecular flexibility index (Phi) is 24.2. The summed E-state index contributed by atoms with van der Waals surface area (Å²) < 4.78 is 6.67. The van der Waals surface area contributed by atoms with Gasteiger partial charge in [-0.1, -0.05) is 83.3 Å². The van der Waals surface area contributed by atoms with Gasteiger partial charge in [-0.3, -0.25) is 14.3 Å². The maximum atomic E-state index is 11.9. The maximum absolute atomic E-state index is 11.9. The minimum Gasteiger partial charge on any atom is -0.501 e. The number of hydrogen-bond acceptors (Lipinski definition) is 7. The maximum Gasteiger partial charge on any atom is 0.356 e. The van der Waals surface area contributed by atoms with Crippen molar-refractivity contribution in [1.29, 1.82) is 0 Å². The van der Waals surface area contributed by atoms with E-state index in [0.29, 0.717) is 6.29 Å². The second kappa shape index (κ2) is 26.5. The van der Waals surface area contributed by atoms with Gasteiger partial charge in [0.05, 0.1) is 19.5 Å². The molecular formula is C35H56N4O6. The summed E-state index contributed by atoms with van der Waals surface area (Å²) in [5, 5.41) is 23.5. The number of carbonyl (C=O) groups is 3. The van der Waals surface area contributed by atoms with E-state index in [9.17, 15) is 14.4 Å². The predicted molar refractivity (Wildman–Crippen MR) is 181 cm³/mol. The molecule has 1 aromatic heterocycles. The topological polar surface area (TPSA) is 157 Å². The molecule has 2 saturated carbocycles. The number of ether oxygens (including phenoxy) is 1. The van der Waals surface area contributed by atoms with Crippen LogP contribution in [-0.2, 0) is 16.1 Å². The van der Waals surface area contributed by atoms with E-state index in [1.54, 1.807) is 24.5 Å². The molecule has 0 aromatic carbocycles. The van der Waals surface area contributed by atoms with E-state index in [2.05, 4.69) is 17.0 Å². The number of aliphatic hydroxyl groups excluding tert-OH is 1. The number of nitrogens with zero attached hydrogens (tertiary/aromatic N) is 2. The van der Waals surface area contributed by atoms with Crippen LogP contribution in [0.25, 0.3) is 0 Å². The van der Waals surface area contributed by atoms with E-state index in [0.717, 1.165) is 60.2 Å². The van der Waals surface area contributed by atoms with E-state index < -0.39 is 5.97 Å². The van der Waals surface area contributed by atoms with Crippen molar-refractivity contribution < 1.29 is 29.3 Å². The first kappa shape index (κ1) is 41.1. The third-order valence-electron chi connectivity index (χ3n) is 6.84. The van der Waals surface area contributed by atoms with Gasteiger partial charge < -0.3 is 26.0 Å². The lowest BCUT2D eigenvalue weighted by molar-refractivity contribution is -0.122. The standard InChI is InChI=1S/C15H25NO.C13H17N3O4.C5H8O.C2H6/c1-13(11-14(2)16)7-6-10-17-12-15-8-4-3-5-9-15;17-8-10-6-11(13(19)20)15-16(10)7-12(18)14-9-4-2-1-3-5-9;1-2-3-4-5-6;1-2/h6-7,10-11,15H,3-5,8-9,12,16H2,1-2H3;6,8-9H,1-5,7H2,(H,14,18)(H,19,20);2-4,6H,1,5H2;1-2H3/b10-6+,13-7-,14-11+;;4-3+;. The lowest BCUT2D eigenvalue weighted by Crippen LogP contribution is -2.38. The summed E-state index contributed by atoms with van der Waals surface area (Å²) in [7, 11) is 0. The second-order valence-electron chi connectivity index (χ2n) is 10.7. The molecule has 1 amide bonds. The van der Waals surface area contributed by atoms with E-state index in [1.165, 1.54) is 38.5 Å². The fourth-order valence-electron chi connectivity index (χ4n) is 4.77. The molecule has 1 heterocycles. The van der Waals surface area contributed by atoms with Crippen LogP contribution in [0, 0.1) is 5.92 Å². The van der Waals surface area contributed by atoms with Crippen molar-refractivity contribution in [2.24, 2.45) is 11.7 Å². The molecule has 0 spiro atoms. The molecule has 1 aromatic rings. The molecule has 3 rings (SSSR count). The molecule has 0 saturated heterocycles. The highest BCUT2D eigenvalue weighted by atomic mass is 16.5. The number of nitrogens with two attached hydrogens (primary N) is 1. The van der Waals surface area contributed by atoms with Crippen LogP contribution >= 0.6 is 0 Å². The summed E-state index contributed by atoms with van der Waals surface area (Å²) in [6.45, 7) is 12.2. The quantitative estimate of drug-likeness (QED) is 0.116. The van der Waals surface area contributed by atoms with Crippen molar-refractivity contribution in [3.8, 4) is 0 Å². The highest BCUT2D eigenvalue weighted by Gasteiger charge is 2.18. The number of hydrogen-bond donors (Lipinski definition) is 4. The van der Waals surface area contributed by atoms with E-state index in [-0.39, 0.29) is 36.5 Å². The van der Waals surface area contributed by atoms with Crippen LogP contribution in [0.3, 0.4) is 0 Å². The van der Waals surface area contributed by atoms with Crippen molar-refractivity contribution >= 4 is 18.2 Å². The average molecular weight is 629 g/mol. The summed E-state index contributed by atoms with van der Waals surface area (Å²) in [4.78, 5) is 33.5. The molecule has 0 atom stereocenters. The molecule has 10 heteroatoms. The van der Waals surface area contributed by atoms with Gasteiger partial charge in [-0.05, 0) is 63.2 Å². The summed E-state index contributed by atoms with van der Waals surface area (Å²) in [5.74, 6) is -0.704. The van der Waals surface area contributed by atoms with Gasteiger partial charge >= 0.3 is 5.97 Å². The van der Waals surface area contributed by atoms with Gasteiger partial charge in [-0.15, -0.1) is 0 Å². The van der Waals surface area contributed by atoms with Gasteiger partial charge in [-0.2, -0.15) is 5.10 Å². The van der Waals surface area contributed by atoms with Gasteiger partial charge in [0.1, 0.15) is 12.2 Å². The minimum atomic E-state index is -1.22. The summed E-state index contributed by atoms with van der Waals surface area (Å²) in [5.41, 5.74) is 7.40. The number of nitrogens with one attached hydrogen (secondary N) is 1. The molecule has 2 aliphatic rings. The molecular weight excluding hydrogens is 572 g/mol. The monoisotopic (exact) mass is 628 g/mol. The fraction of sp³-hybridized carbons (Fsp3) is 0.543. The lowest BCUT2D eigenvalue weighted by Gasteiger charge is -2.22. The van der Waals surface area contributed by atoms with Gasteiger partial charge in [-0.25, -0.2) is 4.79 Å². The number of amides is 1. The normalized spacial score (nSPS) is 15.9. The number of aliphatic hydroxyl groups is 1. The number of rotatable bonds is 12. The molecule has 2 fully saturated rings. The summed E-state index contributed by atoms with van der Waals surface area (Å²) in [6.07, 6.45) is 25.3. The number of carboxylic acids is 1. The van der Waals surface area contributed by atoms with Gasteiger partial charge in [0, 0.05) is 17.8 Å². The Bertz CT molecular complexity index is 1100. The third-order valence-corrected chi connectivity index (χ3v) is 6.84. The van der Waals surface area contributed by atoms with Gasteiger partial charge in [0.15, 0.2) is 12.0 Å². The van der Waals surface area contributed by atoms with Crippen LogP contribution in [0.15, 0.2) is 66.6 Å². The Morgan fingerprint density at radius 1 is 1.09 bits per heavy atom. The molecule has 0 radical (unpaired) electrons. The van der Waals surface area contributed by atoms with E-state index in [1.807, 2.05) is 45.9 Å². The number of aromatic carboxylic acids is 1. The van der Waals surface area contributed by atoms with E-state index >= 15 is 0 Å². The number of aromatic nitrogens is 2. The number of carboxylic acid groups (broad SMARTS) is 1. The summed E-state index contributed by atoms with van der Waals surface area (Å²) >= 11 is 0. The van der Waals surface area contributed by atoms with Crippen molar-refractivity contribution in [2.45, 2.75) is 104 Å². The first-order valence-electron chi connectivity index (χ1n) is 16.0. The zero-order valence-corrected chi connectivity index (χ0v) is 27.7. The molecule has 10 nitrogen and oxygen atoms in total. The molecule has 252 valence electrons. The van der Waals surface area contributed by atoms with Crippen LogP contribution < -0.4 is 11.1 Å². The number of aldehydes is 1. The molecule has 0 unspecified atom stereocenters. The molecule has 0 aliphatic heterocycles. The molecule has 2 aliphatic carbocycles. The molecule has 45 heavy (non-hydrogen) atoms. The highest BCUT2D eigenvalue weighted by molar-refractivity contribution is 5.88. The smallest absolute Gasteiger partial charge is 0.356 e. The van der Waals surface area contributed by atoms with Crippen molar-refractivity contribution in [2.75, 3.05) is 13.2 Å². The zero-order valence-electron chi connectivity index (χ0n) is 27.7. The minimum absolute atomic E-state index is 0.0844. The zero-order chi connectivity index (χ0) is 33.9. The molecule has 5 N–H and O–H groups in total. The first-order valence-corrected chi connectivity index (χ1v) is 16.0. The van der Waals surface area contributed by atoms with Crippen molar-refractivity contribution in [3.63, 3.8) is 0 Å². The lowest BCUT2D eigenvalue weighted by atomic mass is 9.90. The Morgan fingerprint density at radius 2 is 1.71 bits per heavy atom. The van der Waals surface area contributed by atoms with Crippen LogP contribution in [0.2, 0.25) is 0 Å². The third kappa shape index (κ3) is 20.6. The number of carbonyl (C=O) groups excluding carboxylic acids is 2. The second-order valence-corrected chi connectivity index (χ2v) is 10.7. The first-order chi connectivity index (χ1) is 21.7.